The summed E-state index contributed by atoms with van der Waals surface area (Å²) in [5.74, 6) is 2.69. The number of fused-ring (bicyclic) bond motifs is 1. The number of nitrogens with zero attached hydrogens (tertiary/aromatic N) is 7. The Balaban J connectivity index is 1.26. The molecule has 1 aliphatic heterocycles. The normalized spacial score (nSPS) is 20.1. The van der Waals surface area contributed by atoms with Crippen molar-refractivity contribution >= 4 is 28.0 Å². The first kappa shape index (κ1) is 27.3. The van der Waals surface area contributed by atoms with E-state index in [1.165, 1.54) is 0 Å². The fourth-order valence-corrected chi connectivity index (χ4v) is 6.87. The number of rotatable bonds is 11. The number of anilines is 1. The minimum absolute atomic E-state index is 0.0163. The van der Waals surface area contributed by atoms with Crippen LogP contribution in [0, 0.1) is 18.8 Å². The second-order valence-corrected chi connectivity index (χ2v) is 12.9. The summed E-state index contributed by atoms with van der Waals surface area (Å²) < 4.78 is 21.3. The molecule has 214 valence electrons. The quantitative estimate of drug-likeness (QED) is 0.372. The van der Waals surface area contributed by atoms with Gasteiger partial charge in [0, 0.05) is 38.7 Å². The Kier molecular flexibility index (Phi) is 7.91. The monoisotopic (exact) mass is 566 g/mol. The van der Waals surface area contributed by atoms with Gasteiger partial charge in [-0.05, 0) is 64.2 Å². The van der Waals surface area contributed by atoms with Crippen LogP contribution in [0.3, 0.4) is 0 Å². The molecule has 2 aliphatic carbocycles. The molecule has 1 saturated heterocycles. The highest BCUT2D eigenvalue weighted by atomic mass is 32.2. The van der Waals surface area contributed by atoms with Crippen molar-refractivity contribution in [1.82, 2.24) is 33.8 Å². The van der Waals surface area contributed by atoms with Crippen molar-refractivity contribution in [2.45, 2.75) is 64.3 Å². The van der Waals surface area contributed by atoms with Crippen LogP contribution in [-0.2, 0) is 15.7 Å². The molecule has 3 aliphatic rings. The van der Waals surface area contributed by atoms with Gasteiger partial charge in [0.1, 0.15) is 11.8 Å². The van der Waals surface area contributed by atoms with Crippen molar-refractivity contribution in [2.24, 2.45) is 11.8 Å². The predicted molar refractivity (Wildman–Crippen MR) is 154 cm³/mol. The predicted octanol–water partition coefficient (Wildman–Crippen LogP) is 3.23. The maximum absolute atomic E-state index is 13.9. The van der Waals surface area contributed by atoms with Crippen molar-refractivity contribution in [3.63, 3.8) is 0 Å². The van der Waals surface area contributed by atoms with Gasteiger partial charge in [-0.3, -0.25) is 9.36 Å². The molecule has 3 fully saturated rings. The first-order chi connectivity index (χ1) is 19.4. The molecule has 2 atom stereocenters. The van der Waals surface area contributed by atoms with E-state index >= 15 is 0 Å². The highest BCUT2D eigenvalue weighted by Gasteiger charge is 2.33. The fourth-order valence-electron chi connectivity index (χ4n) is 5.68. The third-order valence-electron chi connectivity index (χ3n) is 8.48. The lowest BCUT2D eigenvalue weighted by Gasteiger charge is -2.31. The van der Waals surface area contributed by atoms with E-state index in [0.29, 0.717) is 59.5 Å². The first-order valence-electron chi connectivity index (χ1n) is 14.4. The summed E-state index contributed by atoms with van der Waals surface area (Å²) in [7, 11) is 0.624. The minimum Gasteiger partial charge on any atom is -0.384 e. The molecule has 0 radical (unpaired) electrons. The Morgan fingerprint density at radius 1 is 1.10 bits per heavy atom. The van der Waals surface area contributed by atoms with E-state index in [2.05, 4.69) is 22.2 Å². The van der Waals surface area contributed by atoms with Crippen LogP contribution in [0.1, 0.15) is 68.8 Å². The van der Waals surface area contributed by atoms with Crippen LogP contribution < -0.4 is 10.9 Å². The molecule has 0 aromatic carbocycles. The zero-order valence-electron chi connectivity index (χ0n) is 23.5. The number of nitrogens with one attached hydrogen (secondary N) is 1. The van der Waals surface area contributed by atoms with Gasteiger partial charge in [-0.15, -0.1) is 0 Å². The Labute approximate surface area is 236 Å². The summed E-state index contributed by atoms with van der Waals surface area (Å²) in [6, 6.07) is 0.0163. The lowest BCUT2D eigenvalue weighted by atomic mass is 9.98. The maximum atomic E-state index is 13.9. The number of piperidine rings is 1. The van der Waals surface area contributed by atoms with Gasteiger partial charge in [0.2, 0.25) is 0 Å². The van der Waals surface area contributed by atoms with Gasteiger partial charge in [0.05, 0.1) is 46.5 Å². The van der Waals surface area contributed by atoms with E-state index in [1.807, 2.05) is 15.8 Å². The van der Waals surface area contributed by atoms with Gasteiger partial charge in [-0.2, -0.15) is 0 Å². The van der Waals surface area contributed by atoms with Crippen LogP contribution in [0.2, 0.25) is 0 Å². The van der Waals surface area contributed by atoms with Gasteiger partial charge in [-0.25, -0.2) is 33.4 Å². The average Bonchev–Trinajstić information content (AvgIpc) is 3.88. The third kappa shape index (κ3) is 5.66. The number of hydrogen-bond donors (Lipinski definition) is 1. The van der Waals surface area contributed by atoms with Crippen LogP contribution in [0.5, 0.6) is 0 Å². The maximum Gasteiger partial charge on any atom is 0.295 e. The van der Waals surface area contributed by atoms with E-state index < -0.39 is 11.0 Å². The molecule has 4 heterocycles. The number of ether oxygens (including phenoxy) is 1. The van der Waals surface area contributed by atoms with Crippen LogP contribution in [0.25, 0.3) is 22.6 Å². The lowest BCUT2D eigenvalue weighted by molar-refractivity contribution is 0.215. The molecule has 0 spiro atoms. The number of hydrogen-bond acceptors (Lipinski definition) is 9. The topological polar surface area (TPSA) is 128 Å². The number of methoxy groups -OCH3 is 1. The lowest BCUT2D eigenvalue weighted by Crippen LogP contribution is -2.39. The van der Waals surface area contributed by atoms with Crippen LogP contribution in [0.15, 0.2) is 17.3 Å². The van der Waals surface area contributed by atoms with E-state index in [-0.39, 0.29) is 11.6 Å². The zero-order chi connectivity index (χ0) is 27.8. The summed E-state index contributed by atoms with van der Waals surface area (Å²) in [5.41, 5.74) is 3.75. The SMILES string of the molecule is COCCS(=O)N1CCC(CNc2nc3cnc(-c4c(C)ncnc4C4CC4)nc3n([C@@H](C)C3CC3)c2=O)CC1. The molecule has 40 heavy (non-hydrogen) atoms. The molecule has 2 saturated carbocycles. The Morgan fingerprint density at radius 2 is 1.88 bits per heavy atom. The molecule has 11 nitrogen and oxygen atoms in total. The fraction of sp³-hybridized carbons (Fsp3) is 0.643. The number of aryl methyl sites for hydroxylation is 1. The molecule has 1 N–H and O–H groups in total. The van der Waals surface area contributed by atoms with Crippen LogP contribution in [-0.4, -0.2) is 77.1 Å². The molecular weight excluding hydrogens is 528 g/mol. The van der Waals surface area contributed by atoms with E-state index in [9.17, 15) is 9.00 Å². The van der Waals surface area contributed by atoms with Crippen LogP contribution in [0.4, 0.5) is 5.82 Å². The molecule has 6 rings (SSSR count). The summed E-state index contributed by atoms with van der Waals surface area (Å²) in [6.45, 7) is 6.77. The zero-order valence-corrected chi connectivity index (χ0v) is 24.3. The summed E-state index contributed by atoms with van der Waals surface area (Å²) in [5, 5.41) is 3.36. The molecule has 12 heteroatoms. The van der Waals surface area contributed by atoms with Crippen LogP contribution >= 0.6 is 0 Å². The Bertz CT molecular complexity index is 1460. The largest absolute Gasteiger partial charge is 0.384 e. The summed E-state index contributed by atoms with van der Waals surface area (Å²) >= 11 is 0. The molecule has 3 aromatic heterocycles. The van der Waals surface area contributed by atoms with Crippen molar-refractivity contribution in [1.29, 1.82) is 0 Å². The first-order valence-corrected chi connectivity index (χ1v) is 15.7. The second-order valence-electron chi connectivity index (χ2n) is 11.4. The molecule has 0 amide bonds. The summed E-state index contributed by atoms with van der Waals surface area (Å²) in [4.78, 5) is 37.2. The van der Waals surface area contributed by atoms with E-state index in [4.69, 9.17) is 19.7 Å². The number of aromatic nitrogens is 6. The molecule has 0 bridgehead atoms. The van der Waals surface area contributed by atoms with Crippen molar-refractivity contribution in [3.8, 4) is 11.4 Å². The van der Waals surface area contributed by atoms with E-state index in [1.54, 1.807) is 19.6 Å². The third-order valence-corrected chi connectivity index (χ3v) is 9.94. The Morgan fingerprint density at radius 3 is 2.58 bits per heavy atom. The van der Waals surface area contributed by atoms with Gasteiger partial charge in [-0.1, -0.05) is 0 Å². The summed E-state index contributed by atoms with van der Waals surface area (Å²) in [6.07, 6.45) is 9.63. The Hall–Kier alpha value is -2.83. The highest BCUT2D eigenvalue weighted by Crippen LogP contribution is 2.43. The van der Waals surface area contributed by atoms with Crippen molar-refractivity contribution < 1.29 is 8.95 Å². The molecule has 1 unspecified atom stereocenters. The van der Waals surface area contributed by atoms with Gasteiger partial charge < -0.3 is 10.1 Å². The van der Waals surface area contributed by atoms with Gasteiger partial charge in [0.25, 0.3) is 5.56 Å². The van der Waals surface area contributed by atoms with E-state index in [0.717, 1.165) is 68.6 Å². The molecular formula is C28H38N8O3S. The average molecular weight is 567 g/mol. The second kappa shape index (κ2) is 11.6. The minimum atomic E-state index is -1.01. The highest BCUT2D eigenvalue weighted by molar-refractivity contribution is 7.82. The molecule has 3 aromatic rings. The van der Waals surface area contributed by atoms with Gasteiger partial charge in [0.15, 0.2) is 17.3 Å². The van der Waals surface area contributed by atoms with Crippen molar-refractivity contribution in [2.75, 3.05) is 44.4 Å². The van der Waals surface area contributed by atoms with Crippen molar-refractivity contribution in [3.05, 3.63) is 34.3 Å². The standard InChI is InChI=1S/C28H38N8O3S/c1-17-23(24(21-6-7-21)32-16-31-17)25-30-15-22-27(34-25)36(18(2)20-4-5-20)28(37)26(33-22)29-14-19-8-10-35(11-9-19)40(38)13-12-39-3/h15-16,18-21H,4-14H2,1-3H3,(H,29,33)/t18-,40?/m0/s1. The van der Waals surface area contributed by atoms with Gasteiger partial charge >= 0.3 is 0 Å². The smallest absolute Gasteiger partial charge is 0.295 e.